The number of hydrogen-bond acceptors (Lipinski definition) is 3. The van der Waals surface area contributed by atoms with E-state index in [4.69, 9.17) is 5.73 Å². The van der Waals surface area contributed by atoms with Gasteiger partial charge < -0.3 is 10.7 Å². The number of nitrogen functional groups attached to an aromatic ring is 1. The first-order chi connectivity index (χ1) is 7.88. The number of nitrogens with zero attached hydrogens (tertiary/aromatic N) is 2. The fourth-order valence-corrected chi connectivity index (χ4v) is 1.33. The molecule has 16 heavy (non-hydrogen) atoms. The van der Waals surface area contributed by atoms with E-state index in [9.17, 15) is 0 Å². The van der Waals surface area contributed by atoms with Crippen molar-refractivity contribution in [2.24, 2.45) is 0 Å². The average Bonchev–Trinajstić information content (AvgIpc) is 2.88. The first-order valence-electron chi connectivity index (χ1n) is 4.90. The second-order valence-electron chi connectivity index (χ2n) is 3.18. The van der Waals surface area contributed by atoms with Gasteiger partial charge in [-0.25, -0.2) is 4.98 Å². The predicted molar refractivity (Wildman–Crippen MR) is 64.7 cm³/mol. The van der Waals surface area contributed by atoms with Gasteiger partial charge in [-0.3, -0.25) is 4.98 Å². The van der Waals surface area contributed by atoms with E-state index < -0.39 is 0 Å². The van der Waals surface area contributed by atoms with Gasteiger partial charge >= 0.3 is 0 Å². The van der Waals surface area contributed by atoms with Crippen LogP contribution in [0.1, 0.15) is 0 Å². The maximum Gasteiger partial charge on any atom is 0.0919 e. The number of nitrogens with one attached hydrogen (secondary N) is 1. The molecule has 4 heteroatoms. The standard InChI is InChI=1S/C9H8N2.C3H4N2/c10-8-5-6-11-9-4-2-1-3-7(8)9;1-2-5-3-4-1/h1-6H,(H2,10,11);1-3H,(H,4,5). The van der Waals surface area contributed by atoms with Gasteiger partial charge in [0.05, 0.1) is 11.8 Å². The number of rotatable bonds is 0. The number of pyridine rings is 1. The van der Waals surface area contributed by atoms with Crippen LogP contribution in [0.2, 0.25) is 0 Å². The smallest absolute Gasteiger partial charge is 0.0919 e. The topological polar surface area (TPSA) is 67.6 Å². The summed E-state index contributed by atoms with van der Waals surface area (Å²) < 4.78 is 0. The highest BCUT2D eigenvalue weighted by Crippen LogP contribution is 2.16. The third kappa shape index (κ3) is 2.36. The van der Waals surface area contributed by atoms with Crippen molar-refractivity contribution in [2.45, 2.75) is 0 Å². The van der Waals surface area contributed by atoms with Gasteiger partial charge in [0.15, 0.2) is 0 Å². The molecule has 0 unspecified atom stereocenters. The maximum atomic E-state index is 5.72. The Morgan fingerprint density at radius 1 is 1.06 bits per heavy atom. The Bertz CT molecular complexity index is 523. The van der Waals surface area contributed by atoms with Gasteiger partial charge in [0.2, 0.25) is 0 Å². The molecule has 0 aliphatic heterocycles. The van der Waals surface area contributed by atoms with Crippen LogP contribution in [0, 0.1) is 0 Å². The number of fused-ring (bicyclic) bond motifs is 1. The molecule has 2 aromatic heterocycles. The Morgan fingerprint density at radius 2 is 1.94 bits per heavy atom. The molecule has 0 atom stereocenters. The van der Waals surface area contributed by atoms with E-state index >= 15 is 0 Å². The lowest BCUT2D eigenvalue weighted by Gasteiger charge is -1.97. The number of anilines is 1. The third-order valence-electron chi connectivity index (χ3n) is 2.09. The molecular formula is C12H12N4. The van der Waals surface area contributed by atoms with Crippen molar-refractivity contribution in [1.82, 2.24) is 15.0 Å². The van der Waals surface area contributed by atoms with E-state index in [-0.39, 0.29) is 0 Å². The quantitative estimate of drug-likeness (QED) is 0.600. The number of imidazole rings is 1. The van der Waals surface area contributed by atoms with E-state index in [0.717, 1.165) is 16.6 Å². The molecule has 3 aromatic rings. The van der Waals surface area contributed by atoms with Crippen molar-refractivity contribution in [2.75, 3.05) is 5.73 Å². The van der Waals surface area contributed by atoms with Crippen LogP contribution in [0.4, 0.5) is 5.69 Å². The number of H-pyrrole nitrogens is 1. The molecule has 0 saturated heterocycles. The van der Waals surface area contributed by atoms with Crippen LogP contribution in [0.25, 0.3) is 10.9 Å². The Kier molecular flexibility index (Phi) is 3.13. The average molecular weight is 212 g/mol. The van der Waals surface area contributed by atoms with Gasteiger partial charge in [0, 0.05) is 29.7 Å². The molecule has 0 fully saturated rings. The molecule has 0 saturated carbocycles. The van der Waals surface area contributed by atoms with E-state index in [0.29, 0.717) is 0 Å². The minimum absolute atomic E-state index is 0.788. The highest BCUT2D eigenvalue weighted by Gasteiger charge is 1.94. The molecule has 4 nitrogen and oxygen atoms in total. The second kappa shape index (κ2) is 4.93. The van der Waals surface area contributed by atoms with Gasteiger partial charge in [-0.1, -0.05) is 18.2 Å². The molecular weight excluding hydrogens is 200 g/mol. The van der Waals surface area contributed by atoms with Crippen LogP contribution >= 0.6 is 0 Å². The third-order valence-corrected chi connectivity index (χ3v) is 2.09. The minimum Gasteiger partial charge on any atom is -0.398 e. The van der Waals surface area contributed by atoms with E-state index in [2.05, 4.69) is 15.0 Å². The first-order valence-corrected chi connectivity index (χ1v) is 4.90. The molecule has 0 spiro atoms. The Balaban J connectivity index is 0.000000162. The summed E-state index contributed by atoms with van der Waals surface area (Å²) in [6.45, 7) is 0. The van der Waals surface area contributed by atoms with Crippen LogP contribution < -0.4 is 5.73 Å². The minimum atomic E-state index is 0.788. The van der Waals surface area contributed by atoms with E-state index in [1.807, 2.05) is 30.3 Å². The van der Waals surface area contributed by atoms with Gasteiger partial charge in [-0.05, 0) is 12.1 Å². The lowest BCUT2D eigenvalue weighted by atomic mass is 10.2. The van der Waals surface area contributed by atoms with Crippen molar-refractivity contribution in [1.29, 1.82) is 0 Å². The number of aromatic amines is 1. The fourth-order valence-electron chi connectivity index (χ4n) is 1.33. The highest BCUT2D eigenvalue weighted by molar-refractivity contribution is 5.89. The summed E-state index contributed by atoms with van der Waals surface area (Å²) in [5.74, 6) is 0. The lowest BCUT2D eigenvalue weighted by Crippen LogP contribution is -1.87. The predicted octanol–water partition coefficient (Wildman–Crippen LogP) is 2.23. The van der Waals surface area contributed by atoms with Crippen LogP contribution in [0.3, 0.4) is 0 Å². The van der Waals surface area contributed by atoms with Gasteiger partial charge in [-0.15, -0.1) is 0 Å². The van der Waals surface area contributed by atoms with Crippen LogP contribution in [-0.2, 0) is 0 Å². The second-order valence-corrected chi connectivity index (χ2v) is 3.18. The van der Waals surface area contributed by atoms with E-state index in [1.165, 1.54) is 0 Å². The molecule has 0 aliphatic carbocycles. The zero-order valence-electron chi connectivity index (χ0n) is 8.67. The summed E-state index contributed by atoms with van der Waals surface area (Å²) in [4.78, 5) is 10.6. The zero-order valence-corrected chi connectivity index (χ0v) is 8.67. The van der Waals surface area contributed by atoms with Crippen molar-refractivity contribution in [3.63, 3.8) is 0 Å². The molecule has 1 aromatic carbocycles. The van der Waals surface area contributed by atoms with Crippen molar-refractivity contribution < 1.29 is 0 Å². The summed E-state index contributed by atoms with van der Waals surface area (Å²) in [5, 5.41) is 1.02. The Morgan fingerprint density at radius 3 is 2.56 bits per heavy atom. The van der Waals surface area contributed by atoms with Crippen molar-refractivity contribution in [3.05, 3.63) is 55.2 Å². The Labute approximate surface area is 93.2 Å². The molecule has 0 aliphatic rings. The molecule has 2 heterocycles. The normalized spacial score (nSPS) is 9.50. The fraction of sp³-hybridized carbons (Fsp3) is 0. The molecule has 80 valence electrons. The summed E-state index contributed by atoms with van der Waals surface area (Å²) in [7, 11) is 0. The number of para-hydroxylation sites is 1. The zero-order chi connectivity index (χ0) is 11.2. The monoisotopic (exact) mass is 212 g/mol. The number of aromatic nitrogens is 3. The lowest BCUT2D eigenvalue weighted by molar-refractivity contribution is 1.31. The summed E-state index contributed by atoms with van der Waals surface area (Å²) in [6.07, 6.45) is 6.80. The SMILES string of the molecule is Nc1ccnc2ccccc12.c1c[nH]cn1. The van der Waals surface area contributed by atoms with Gasteiger partial charge in [0.25, 0.3) is 0 Å². The molecule has 0 bridgehead atoms. The maximum absolute atomic E-state index is 5.72. The first kappa shape index (κ1) is 10.2. The largest absolute Gasteiger partial charge is 0.398 e. The van der Waals surface area contributed by atoms with Gasteiger partial charge in [-0.2, -0.15) is 0 Å². The van der Waals surface area contributed by atoms with Crippen molar-refractivity contribution >= 4 is 16.6 Å². The summed E-state index contributed by atoms with van der Waals surface area (Å²) in [6, 6.07) is 9.64. The number of benzene rings is 1. The molecule has 3 N–H and O–H groups in total. The Hall–Kier alpha value is -2.36. The number of hydrogen-bond donors (Lipinski definition) is 2. The van der Waals surface area contributed by atoms with Crippen LogP contribution in [0.5, 0.6) is 0 Å². The van der Waals surface area contributed by atoms with E-state index in [1.54, 1.807) is 24.9 Å². The van der Waals surface area contributed by atoms with Crippen LogP contribution in [0.15, 0.2) is 55.2 Å². The van der Waals surface area contributed by atoms with Gasteiger partial charge in [0.1, 0.15) is 0 Å². The molecule has 0 radical (unpaired) electrons. The summed E-state index contributed by atoms with van der Waals surface area (Å²) >= 11 is 0. The molecule has 3 rings (SSSR count). The highest BCUT2D eigenvalue weighted by atomic mass is 14.8. The summed E-state index contributed by atoms with van der Waals surface area (Å²) in [5.41, 5.74) is 7.46. The van der Waals surface area contributed by atoms with Crippen molar-refractivity contribution in [3.8, 4) is 0 Å². The van der Waals surface area contributed by atoms with Crippen LogP contribution in [-0.4, -0.2) is 15.0 Å². The number of nitrogens with two attached hydrogens (primary N) is 1. The molecule has 0 amide bonds.